The fourth-order valence-electron chi connectivity index (χ4n) is 2.68. The van der Waals surface area contributed by atoms with E-state index in [-0.39, 0.29) is 18.2 Å². The highest BCUT2D eigenvalue weighted by Gasteiger charge is 2.11. The van der Waals surface area contributed by atoms with Crippen LogP contribution in [-0.4, -0.2) is 34.9 Å². The summed E-state index contributed by atoms with van der Waals surface area (Å²) < 4.78 is 12.1. The number of hydrogen-bond acceptors (Lipinski definition) is 5. The molecule has 0 saturated carbocycles. The van der Waals surface area contributed by atoms with Crippen molar-refractivity contribution in [3.05, 3.63) is 71.5 Å². The van der Waals surface area contributed by atoms with Gasteiger partial charge in [-0.25, -0.2) is 9.48 Å². The van der Waals surface area contributed by atoms with Crippen molar-refractivity contribution in [2.75, 3.05) is 18.5 Å². The van der Waals surface area contributed by atoms with E-state index in [0.717, 1.165) is 16.8 Å². The molecule has 1 amide bonds. The molecule has 2 aromatic carbocycles. The Morgan fingerprint density at radius 2 is 1.83 bits per heavy atom. The van der Waals surface area contributed by atoms with Crippen molar-refractivity contribution in [2.24, 2.45) is 0 Å². The lowest BCUT2D eigenvalue weighted by Gasteiger charge is -2.10. The second kappa shape index (κ2) is 9.05. The van der Waals surface area contributed by atoms with Crippen molar-refractivity contribution in [1.29, 1.82) is 0 Å². The molecule has 0 atom stereocenters. The highest BCUT2D eigenvalue weighted by atomic mass is 16.5. The van der Waals surface area contributed by atoms with Gasteiger partial charge in [-0.05, 0) is 68.3 Å². The van der Waals surface area contributed by atoms with Crippen molar-refractivity contribution in [1.82, 2.24) is 9.78 Å². The molecule has 0 aliphatic rings. The van der Waals surface area contributed by atoms with Crippen LogP contribution in [0.2, 0.25) is 0 Å². The Hall–Kier alpha value is -3.61. The SMILES string of the molecule is CCOC(=O)c1ccn(-c2ccc(NC(=O)COc3cc(C)ccc3C)cc2)n1. The van der Waals surface area contributed by atoms with Crippen molar-refractivity contribution in [3.63, 3.8) is 0 Å². The van der Waals surface area contributed by atoms with Gasteiger partial charge in [0.2, 0.25) is 0 Å². The van der Waals surface area contributed by atoms with E-state index in [9.17, 15) is 9.59 Å². The van der Waals surface area contributed by atoms with Crippen LogP contribution < -0.4 is 10.1 Å². The summed E-state index contributed by atoms with van der Waals surface area (Å²) in [5, 5.41) is 7.00. The Morgan fingerprint density at radius 1 is 1.07 bits per heavy atom. The summed E-state index contributed by atoms with van der Waals surface area (Å²) in [4.78, 5) is 23.9. The van der Waals surface area contributed by atoms with Crippen LogP contribution in [0, 0.1) is 13.8 Å². The molecule has 7 heteroatoms. The van der Waals surface area contributed by atoms with Gasteiger partial charge < -0.3 is 14.8 Å². The Bertz CT molecular complexity index is 1010. The van der Waals surface area contributed by atoms with Gasteiger partial charge in [-0.3, -0.25) is 4.79 Å². The number of carbonyl (C=O) groups excluding carboxylic acids is 2. The summed E-state index contributed by atoms with van der Waals surface area (Å²) in [5.41, 5.74) is 3.69. The third-order valence-electron chi connectivity index (χ3n) is 4.19. The smallest absolute Gasteiger partial charge is 0.358 e. The van der Waals surface area contributed by atoms with Gasteiger partial charge in [0.15, 0.2) is 12.3 Å². The van der Waals surface area contributed by atoms with E-state index in [0.29, 0.717) is 18.0 Å². The number of esters is 1. The molecule has 0 fully saturated rings. The van der Waals surface area contributed by atoms with Gasteiger partial charge in [0.1, 0.15) is 5.75 Å². The number of carbonyl (C=O) groups is 2. The summed E-state index contributed by atoms with van der Waals surface area (Å²) in [6, 6.07) is 14.6. The lowest BCUT2D eigenvalue weighted by Crippen LogP contribution is -2.20. The molecule has 0 saturated heterocycles. The summed E-state index contributed by atoms with van der Waals surface area (Å²) in [5.74, 6) is -0.00657. The Balaban J connectivity index is 1.58. The number of rotatable bonds is 7. The maximum Gasteiger partial charge on any atom is 0.358 e. The molecule has 3 rings (SSSR count). The number of ether oxygens (including phenoxy) is 2. The van der Waals surface area contributed by atoms with Crippen molar-refractivity contribution < 1.29 is 19.1 Å². The van der Waals surface area contributed by atoms with E-state index < -0.39 is 5.97 Å². The zero-order valence-corrected chi connectivity index (χ0v) is 16.6. The Kier molecular flexibility index (Phi) is 6.29. The van der Waals surface area contributed by atoms with E-state index in [2.05, 4.69) is 10.4 Å². The minimum atomic E-state index is -0.459. The van der Waals surface area contributed by atoms with Crippen molar-refractivity contribution >= 4 is 17.6 Å². The number of aryl methyl sites for hydroxylation is 2. The minimum Gasteiger partial charge on any atom is -0.483 e. The maximum absolute atomic E-state index is 12.2. The van der Waals surface area contributed by atoms with E-state index in [1.54, 1.807) is 48.1 Å². The van der Waals surface area contributed by atoms with Gasteiger partial charge in [-0.15, -0.1) is 0 Å². The fourth-order valence-corrected chi connectivity index (χ4v) is 2.68. The average Bonchev–Trinajstić information content (AvgIpc) is 3.20. The van der Waals surface area contributed by atoms with Gasteiger partial charge in [-0.2, -0.15) is 5.10 Å². The molecule has 1 N–H and O–H groups in total. The lowest BCUT2D eigenvalue weighted by molar-refractivity contribution is -0.118. The molecule has 0 spiro atoms. The molecule has 0 bridgehead atoms. The van der Waals surface area contributed by atoms with E-state index in [4.69, 9.17) is 9.47 Å². The second-order valence-corrected chi connectivity index (χ2v) is 6.52. The average molecular weight is 393 g/mol. The van der Waals surface area contributed by atoms with Gasteiger partial charge in [0, 0.05) is 11.9 Å². The number of aromatic nitrogens is 2. The molecular formula is C22H23N3O4. The number of benzene rings is 2. The lowest BCUT2D eigenvalue weighted by atomic mass is 10.1. The Labute approximate surface area is 169 Å². The molecule has 1 aromatic heterocycles. The highest BCUT2D eigenvalue weighted by molar-refractivity contribution is 5.92. The molecule has 150 valence electrons. The third-order valence-corrected chi connectivity index (χ3v) is 4.19. The van der Waals surface area contributed by atoms with Crippen LogP contribution >= 0.6 is 0 Å². The number of nitrogens with one attached hydrogen (secondary N) is 1. The predicted molar refractivity (Wildman–Crippen MR) is 110 cm³/mol. The minimum absolute atomic E-state index is 0.0753. The normalized spacial score (nSPS) is 10.4. The van der Waals surface area contributed by atoms with Crippen LogP contribution in [-0.2, 0) is 9.53 Å². The monoisotopic (exact) mass is 393 g/mol. The van der Waals surface area contributed by atoms with Crippen LogP contribution in [0.4, 0.5) is 5.69 Å². The van der Waals surface area contributed by atoms with Gasteiger partial charge in [0.25, 0.3) is 5.91 Å². The quantitative estimate of drug-likeness (QED) is 0.619. The summed E-state index contributed by atoms with van der Waals surface area (Å²) in [6.07, 6.45) is 1.68. The number of nitrogens with zero attached hydrogens (tertiary/aromatic N) is 2. The molecular weight excluding hydrogens is 370 g/mol. The largest absolute Gasteiger partial charge is 0.483 e. The van der Waals surface area contributed by atoms with Crippen LogP contribution in [0.5, 0.6) is 5.75 Å². The molecule has 0 unspecified atom stereocenters. The zero-order chi connectivity index (χ0) is 20.8. The first-order chi connectivity index (χ1) is 14.0. The fraction of sp³-hybridized carbons (Fsp3) is 0.227. The van der Waals surface area contributed by atoms with E-state index in [1.807, 2.05) is 32.0 Å². The molecule has 1 heterocycles. The maximum atomic E-state index is 12.2. The topological polar surface area (TPSA) is 82.5 Å². The predicted octanol–water partition coefficient (Wildman–Crippen LogP) is 3.68. The van der Waals surface area contributed by atoms with Crippen LogP contribution in [0.15, 0.2) is 54.7 Å². The Morgan fingerprint density at radius 3 is 2.55 bits per heavy atom. The first-order valence-corrected chi connectivity index (χ1v) is 9.29. The zero-order valence-electron chi connectivity index (χ0n) is 16.6. The standard InChI is InChI=1S/C22H23N3O4/c1-4-28-22(27)19-11-12-25(24-19)18-9-7-17(8-10-18)23-21(26)14-29-20-13-15(2)5-6-16(20)3/h5-13H,4,14H2,1-3H3,(H,23,26). The van der Waals surface area contributed by atoms with E-state index >= 15 is 0 Å². The van der Waals surface area contributed by atoms with Gasteiger partial charge in [-0.1, -0.05) is 12.1 Å². The van der Waals surface area contributed by atoms with Gasteiger partial charge in [0.05, 0.1) is 12.3 Å². The van der Waals surface area contributed by atoms with Crippen LogP contribution in [0.1, 0.15) is 28.5 Å². The highest BCUT2D eigenvalue weighted by Crippen LogP contribution is 2.19. The second-order valence-electron chi connectivity index (χ2n) is 6.52. The number of amides is 1. The van der Waals surface area contributed by atoms with Crippen LogP contribution in [0.25, 0.3) is 5.69 Å². The number of hydrogen-bond donors (Lipinski definition) is 1. The van der Waals surface area contributed by atoms with Crippen LogP contribution in [0.3, 0.4) is 0 Å². The summed E-state index contributed by atoms with van der Waals surface area (Å²) >= 11 is 0. The van der Waals surface area contributed by atoms with E-state index in [1.165, 1.54) is 0 Å². The molecule has 0 aliphatic carbocycles. The molecule has 7 nitrogen and oxygen atoms in total. The third kappa shape index (κ3) is 5.22. The summed E-state index contributed by atoms with van der Waals surface area (Å²) in [7, 11) is 0. The first kappa shape index (κ1) is 20.1. The van der Waals surface area contributed by atoms with Crippen molar-refractivity contribution in [3.8, 4) is 11.4 Å². The first-order valence-electron chi connectivity index (χ1n) is 9.29. The van der Waals surface area contributed by atoms with Crippen molar-refractivity contribution in [2.45, 2.75) is 20.8 Å². The molecule has 29 heavy (non-hydrogen) atoms. The molecule has 3 aromatic rings. The summed E-state index contributed by atoms with van der Waals surface area (Å²) in [6.45, 7) is 5.88. The van der Waals surface area contributed by atoms with Gasteiger partial charge >= 0.3 is 5.97 Å². The molecule has 0 aliphatic heterocycles. The number of anilines is 1. The molecule has 0 radical (unpaired) electrons.